The van der Waals surface area contributed by atoms with Gasteiger partial charge in [-0.3, -0.25) is 0 Å². The van der Waals surface area contributed by atoms with Gasteiger partial charge in [0.05, 0.1) is 18.7 Å². The van der Waals surface area contributed by atoms with Gasteiger partial charge in [0.15, 0.2) is 0 Å². The molecule has 0 atom stereocenters. The van der Waals surface area contributed by atoms with Crippen LogP contribution >= 0.6 is 0 Å². The van der Waals surface area contributed by atoms with E-state index in [2.05, 4.69) is 41.4 Å². The number of nitrogens with one attached hydrogen (secondary N) is 1. The lowest BCUT2D eigenvalue weighted by Crippen LogP contribution is -2.26. The predicted octanol–water partition coefficient (Wildman–Crippen LogP) is 5.50. The lowest BCUT2D eigenvalue weighted by molar-refractivity contribution is 0.144. The van der Waals surface area contributed by atoms with E-state index in [9.17, 15) is 9.18 Å². The van der Waals surface area contributed by atoms with Gasteiger partial charge in [-0.1, -0.05) is 60.4 Å². The molecule has 5 rings (SSSR count). The topological polar surface area (TPSA) is 47.6 Å². The third kappa shape index (κ3) is 4.85. The summed E-state index contributed by atoms with van der Waals surface area (Å²) in [5.74, 6) is 6.54. The molecule has 166 valence electrons. The Morgan fingerprint density at radius 2 is 1.67 bits per heavy atom. The van der Waals surface area contributed by atoms with E-state index in [1.807, 2.05) is 24.3 Å². The van der Waals surface area contributed by atoms with Crippen molar-refractivity contribution in [2.75, 3.05) is 19.8 Å². The number of hydrogen-bond acceptors (Lipinski definition) is 3. The first-order valence-corrected chi connectivity index (χ1v) is 11.2. The molecule has 0 aromatic heterocycles. The Morgan fingerprint density at radius 3 is 2.36 bits per heavy atom. The van der Waals surface area contributed by atoms with E-state index >= 15 is 0 Å². The van der Waals surface area contributed by atoms with Crippen LogP contribution in [0.2, 0.25) is 0 Å². The monoisotopic (exact) mass is 441 g/mol. The van der Waals surface area contributed by atoms with Crippen LogP contribution in [0.15, 0.2) is 66.7 Å². The number of carbonyl (C=O) groups excluding carboxylic acids is 1. The minimum Gasteiger partial charge on any atom is -0.492 e. The molecular formula is C28H24FNO3. The van der Waals surface area contributed by atoms with Crippen LogP contribution in [0.3, 0.4) is 0 Å². The van der Waals surface area contributed by atoms with Crippen molar-refractivity contribution in [2.24, 2.45) is 5.92 Å². The smallest absolute Gasteiger partial charge is 0.407 e. The number of amides is 1. The number of ether oxygens (including phenoxy) is 2. The quantitative estimate of drug-likeness (QED) is 0.514. The van der Waals surface area contributed by atoms with Gasteiger partial charge in [-0.2, -0.15) is 0 Å². The van der Waals surface area contributed by atoms with Crippen molar-refractivity contribution in [1.29, 1.82) is 0 Å². The van der Waals surface area contributed by atoms with Crippen LogP contribution in [-0.4, -0.2) is 25.9 Å². The molecule has 0 aliphatic heterocycles. The zero-order chi connectivity index (χ0) is 22.6. The van der Waals surface area contributed by atoms with Crippen LogP contribution in [0.25, 0.3) is 11.1 Å². The zero-order valence-corrected chi connectivity index (χ0v) is 18.1. The number of benzene rings is 3. The van der Waals surface area contributed by atoms with E-state index in [0.717, 1.165) is 11.1 Å². The molecule has 1 saturated carbocycles. The third-order valence-corrected chi connectivity index (χ3v) is 6.00. The fourth-order valence-electron chi connectivity index (χ4n) is 4.12. The van der Waals surface area contributed by atoms with Crippen molar-refractivity contribution < 1.29 is 18.7 Å². The average molecular weight is 442 g/mol. The van der Waals surface area contributed by atoms with Gasteiger partial charge in [0.25, 0.3) is 0 Å². The first-order valence-electron chi connectivity index (χ1n) is 11.2. The molecule has 3 aromatic rings. The second-order valence-electron chi connectivity index (χ2n) is 8.38. The van der Waals surface area contributed by atoms with Gasteiger partial charge >= 0.3 is 6.09 Å². The lowest BCUT2D eigenvalue weighted by Gasteiger charge is -2.14. The van der Waals surface area contributed by atoms with Gasteiger partial charge in [0, 0.05) is 5.92 Å². The molecular weight excluding hydrogens is 417 g/mol. The molecule has 33 heavy (non-hydrogen) atoms. The van der Waals surface area contributed by atoms with E-state index in [1.165, 1.54) is 36.1 Å². The molecule has 5 heteroatoms. The molecule has 0 spiro atoms. The van der Waals surface area contributed by atoms with Crippen LogP contribution in [0.5, 0.6) is 5.75 Å². The van der Waals surface area contributed by atoms with Crippen LogP contribution in [-0.2, 0) is 4.74 Å². The maximum Gasteiger partial charge on any atom is 0.407 e. The highest BCUT2D eigenvalue weighted by atomic mass is 19.1. The average Bonchev–Trinajstić information content (AvgIpc) is 3.61. The molecule has 2 aliphatic carbocycles. The van der Waals surface area contributed by atoms with Crippen molar-refractivity contribution in [1.82, 2.24) is 5.32 Å². The molecule has 4 nitrogen and oxygen atoms in total. The highest BCUT2D eigenvalue weighted by Crippen LogP contribution is 2.44. The second-order valence-corrected chi connectivity index (χ2v) is 8.38. The van der Waals surface area contributed by atoms with Gasteiger partial charge in [-0.25, -0.2) is 9.18 Å². The highest BCUT2D eigenvalue weighted by molar-refractivity contribution is 5.79. The maximum atomic E-state index is 13.6. The Bertz CT molecular complexity index is 1190. The van der Waals surface area contributed by atoms with Crippen molar-refractivity contribution in [3.63, 3.8) is 0 Å². The van der Waals surface area contributed by atoms with Gasteiger partial charge in [-0.15, -0.1) is 0 Å². The summed E-state index contributed by atoms with van der Waals surface area (Å²) < 4.78 is 24.9. The van der Waals surface area contributed by atoms with Crippen molar-refractivity contribution in [3.05, 3.63) is 89.2 Å². The minimum atomic E-state index is -0.532. The summed E-state index contributed by atoms with van der Waals surface area (Å²) in [6, 6.07) is 20.7. The SMILES string of the molecule is O=C(NCC#Cc1cc(F)ccc1OCC1CC1)OCC1c2ccccc2-c2ccccc21. The summed E-state index contributed by atoms with van der Waals surface area (Å²) in [5, 5.41) is 2.65. The van der Waals surface area contributed by atoms with Gasteiger partial charge < -0.3 is 14.8 Å². The van der Waals surface area contributed by atoms with Crippen molar-refractivity contribution in [3.8, 4) is 28.7 Å². The third-order valence-electron chi connectivity index (χ3n) is 6.00. The van der Waals surface area contributed by atoms with E-state index < -0.39 is 6.09 Å². The molecule has 1 fully saturated rings. The summed E-state index contributed by atoms with van der Waals surface area (Å²) in [5.41, 5.74) is 5.17. The van der Waals surface area contributed by atoms with Crippen LogP contribution in [0, 0.1) is 23.6 Å². The van der Waals surface area contributed by atoms with E-state index in [4.69, 9.17) is 9.47 Å². The lowest BCUT2D eigenvalue weighted by atomic mass is 9.98. The molecule has 2 aliphatic rings. The molecule has 0 unspecified atom stereocenters. The van der Waals surface area contributed by atoms with Gasteiger partial charge in [0.1, 0.15) is 18.2 Å². The Morgan fingerprint density at radius 1 is 0.970 bits per heavy atom. The second kappa shape index (κ2) is 9.38. The number of rotatable bonds is 6. The normalized spacial score (nSPS) is 14.0. The highest BCUT2D eigenvalue weighted by Gasteiger charge is 2.29. The van der Waals surface area contributed by atoms with E-state index in [0.29, 0.717) is 23.8 Å². The Hall–Kier alpha value is -3.78. The fraction of sp³-hybridized carbons (Fsp3) is 0.250. The molecule has 0 heterocycles. The first kappa shape index (κ1) is 21.1. The minimum absolute atomic E-state index is 0.00713. The number of hydrogen-bond donors (Lipinski definition) is 1. The fourth-order valence-corrected chi connectivity index (χ4v) is 4.12. The van der Waals surface area contributed by atoms with Crippen molar-refractivity contribution >= 4 is 6.09 Å². The Labute approximate surface area is 192 Å². The van der Waals surface area contributed by atoms with E-state index in [-0.39, 0.29) is 24.9 Å². The number of carbonyl (C=O) groups is 1. The van der Waals surface area contributed by atoms with Crippen LogP contribution in [0.4, 0.5) is 9.18 Å². The first-order chi connectivity index (χ1) is 16.2. The number of fused-ring (bicyclic) bond motifs is 3. The summed E-state index contributed by atoms with van der Waals surface area (Å²) in [7, 11) is 0. The maximum absolute atomic E-state index is 13.6. The molecule has 0 saturated heterocycles. The summed E-state index contributed by atoms with van der Waals surface area (Å²) in [6.07, 6.45) is 1.81. The van der Waals surface area contributed by atoms with Crippen LogP contribution in [0.1, 0.15) is 35.4 Å². The van der Waals surface area contributed by atoms with Crippen molar-refractivity contribution in [2.45, 2.75) is 18.8 Å². The van der Waals surface area contributed by atoms with Crippen LogP contribution < -0.4 is 10.1 Å². The zero-order valence-electron chi connectivity index (χ0n) is 18.1. The molecule has 1 N–H and O–H groups in total. The largest absolute Gasteiger partial charge is 0.492 e. The molecule has 0 radical (unpaired) electrons. The molecule has 1 amide bonds. The standard InChI is InChI=1S/C28H24FNO3/c29-21-13-14-27(32-17-19-11-12-19)20(16-21)6-5-15-30-28(31)33-18-26-24-9-3-1-7-22(24)23-8-2-4-10-25(23)26/h1-4,7-10,13-14,16,19,26H,11-12,15,17-18H2,(H,30,31). The van der Waals surface area contributed by atoms with Gasteiger partial charge in [0.2, 0.25) is 0 Å². The number of alkyl carbamates (subject to hydrolysis) is 1. The van der Waals surface area contributed by atoms with Gasteiger partial charge in [-0.05, 0) is 59.2 Å². The summed E-state index contributed by atoms with van der Waals surface area (Å²) in [4.78, 5) is 12.3. The summed E-state index contributed by atoms with van der Waals surface area (Å²) in [6.45, 7) is 0.962. The predicted molar refractivity (Wildman–Crippen MR) is 125 cm³/mol. The Kier molecular flexibility index (Phi) is 5.99. The number of halogens is 1. The summed E-state index contributed by atoms with van der Waals surface area (Å²) >= 11 is 0. The Balaban J connectivity index is 1.17. The molecule has 0 bridgehead atoms. The molecule has 3 aromatic carbocycles. The van der Waals surface area contributed by atoms with E-state index in [1.54, 1.807) is 6.07 Å².